The molecule has 1 rings (SSSR count). The lowest BCUT2D eigenvalue weighted by atomic mass is 10.3. The third kappa shape index (κ3) is 5.34. The van der Waals surface area contributed by atoms with Crippen LogP contribution in [0.4, 0.5) is 11.6 Å². The molecule has 0 unspecified atom stereocenters. The minimum absolute atomic E-state index is 0.928. The fraction of sp³-hybridized carbons (Fsp3) is 0.714. The van der Waals surface area contributed by atoms with Crippen molar-refractivity contribution in [3.8, 4) is 0 Å². The molecule has 102 valence electrons. The molecule has 0 spiro atoms. The molecule has 4 heteroatoms. The number of anilines is 2. The Bertz CT molecular complexity index is 339. The van der Waals surface area contributed by atoms with Crippen LogP contribution >= 0.6 is 0 Å². The average Bonchev–Trinajstić information content (AvgIpc) is 2.37. The molecule has 0 aliphatic heterocycles. The summed E-state index contributed by atoms with van der Waals surface area (Å²) in [6, 6.07) is 2.00. The summed E-state index contributed by atoms with van der Waals surface area (Å²) in [4.78, 5) is 9.07. The lowest BCUT2D eigenvalue weighted by molar-refractivity contribution is 0.812. The molecule has 1 aromatic rings. The minimum Gasteiger partial charge on any atom is -0.370 e. The van der Waals surface area contributed by atoms with E-state index in [4.69, 9.17) is 0 Å². The predicted molar refractivity (Wildman–Crippen MR) is 78.2 cm³/mol. The minimum atomic E-state index is 0.928. The van der Waals surface area contributed by atoms with Crippen molar-refractivity contribution in [2.75, 3.05) is 23.7 Å². The van der Waals surface area contributed by atoms with Gasteiger partial charge in [0.05, 0.1) is 0 Å². The van der Waals surface area contributed by atoms with Gasteiger partial charge in [-0.3, -0.25) is 0 Å². The molecule has 2 N–H and O–H groups in total. The molecular weight excluding hydrogens is 224 g/mol. The number of hydrogen-bond donors (Lipinski definition) is 2. The number of aromatic nitrogens is 2. The number of hydrogen-bond acceptors (Lipinski definition) is 4. The summed E-state index contributed by atoms with van der Waals surface area (Å²) in [5.41, 5.74) is 0. The maximum Gasteiger partial charge on any atom is 0.133 e. The van der Waals surface area contributed by atoms with Crippen molar-refractivity contribution in [3.63, 3.8) is 0 Å². The monoisotopic (exact) mass is 250 g/mol. The van der Waals surface area contributed by atoms with Gasteiger partial charge in [-0.05, 0) is 19.3 Å². The van der Waals surface area contributed by atoms with Crippen molar-refractivity contribution in [3.05, 3.63) is 11.9 Å². The summed E-state index contributed by atoms with van der Waals surface area (Å²) < 4.78 is 0. The molecule has 0 aliphatic rings. The van der Waals surface area contributed by atoms with Gasteiger partial charge in [-0.2, -0.15) is 0 Å². The largest absolute Gasteiger partial charge is 0.370 e. The molecule has 0 bridgehead atoms. The maximum absolute atomic E-state index is 4.54. The van der Waals surface area contributed by atoms with E-state index in [1.807, 2.05) is 6.07 Å². The second kappa shape index (κ2) is 8.72. The molecular formula is C14H26N4. The fourth-order valence-electron chi connectivity index (χ4n) is 1.66. The number of nitrogens with one attached hydrogen (secondary N) is 2. The lowest BCUT2D eigenvalue weighted by Gasteiger charge is -2.10. The summed E-state index contributed by atoms with van der Waals surface area (Å²) in [6.45, 7) is 8.43. The first-order chi connectivity index (χ1) is 8.80. The topological polar surface area (TPSA) is 49.8 Å². The Labute approximate surface area is 111 Å². The SMILES string of the molecule is CCCCNc1cc(NCCC)nc(CCC)n1. The Morgan fingerprint density at radius 2 is 1.56 bits per heavy atom. The molecule has 4 nitrogen and oxygen atoms in total. The highest BCUT2D eigenvalue weighted by molar-refractivity contribution is 5.47. The Morgan fingerprint density at radius 1 is 0.889 bits per heavy atom. The van der Waals surface area contributed by atoms with Crippen LogP contribution in [-0.4, -0.2) is 23.1 Å². The van der Waals surface area contributed by atoms with Crippen LogP contribution in [0.1, 0.15) is 52.3 Å². The van der Waals surface area contributed by atoms with Gasteiger partial charge in [0.2, 0.25) is 0 Å². The van der Waals surface area contributed by atoms with E-state index in [9.17, 15) is 0 Å². The standard InChI is InChI=1S/C14H26N4/c1-4-7-10-16-14-11-13(15-9-6-3)17-12(18-14)8-5-2/h11H,4-10H2,1-3H3,(H2,15,16,17,18). The van der Waals surface area contributed by atoms with Gasteiger partial charge in [-0.15, -0.1) is 0 Å². The van der Waals surface area contributed by atoms with Gasteiger partial charge in [0.25, 0.3) is 0 Å². The van der Waals surface area contributed by atoms with Crippen molar-refractivity contribution in [1.82, 2.24) is 9.97 Å². The van der Waals surface area contributed by atoms with Gasteiger partial charge >= 0.3 is 0 Å². The van der Waals surface area contributed by atoms with E-state index in [0.29, 0.717) is 0 Å². The van der Waals surface area contributed by atoms with E-state index in [0.717, 1.165) is 49.8 Å². The summed E-state index contributed by atoms with van der Waals surface area (Å²) >= 11 is 0. The van der Waals surface area contributed by atoms with E-state index in [2.05, 4.69) is 41.4 Å². The van der Waals surface area contributed by atoms with Crippen LogP contribution < -0.4 is 10.6 Å². The number of rotatable bonds is 9. The summed E-state index contributed by atoms with van der Waals surface area (Å²) in [5, 5.41) is 6.70. The van der Waals surface area contributed by atoms with Gasteiger partial charge in [-0.1, -0.05) is 27.2 Å². The third-order valence-electron chi connectivity index (χ3n) is 2.64. The predicted octanol–water partition coefficient (Wildman–Crippen LogP) is 3.46. The molecule has 0 atom stereocenters. The molecule has 0 fully saturated rings. The smallest absolute Gasteiger partial charge is 0.133 e. The first-order valence-electron chi connectivity index (χ1n) is 7.15. The molecule has 1 heterocycles. The highest BCUT2D eigenvalue weighted by Crippen LogP contribution is 2.12. The van der Waals surface area contributed by atoms with E-state index < -0.39 is 0 Å². The fourth-order valence-corrected chi connectivity index (χ4v) is 1.66. The Hall–Kier alpha value is -1.32. The molecule has 0 aliphatic carbocycles. The van der Waals surface area contributed by atoms with Gasteiger partial charge in [0.1, 0.15) is 17.5 Å². The zero-order chi connectivity index (χ0) is 13.2. The summed E-state index contributed by atoms with van der Waals surface area (Å²) in [6.07, 6.45) is 5.48. The Morgan fingerprint density at radius 3 is 2.11 bits per heavy atom. The molecule has 0 amide bonds. The van der Waals surface area contributed by atoms with Crippen LogP contribution in [0.25, 0.3) is 0 Å². The van der Waals surface area contributed by atoms with E-state index in [1.165, 1.54) is 12.8 Å². The average molecular weight is 250 g/mol. The number of unbranched alkanes of at least 4 members (excludes halogenated alkanes) is 1. The molecule has 0 saturated carbocycles. The third-order valence-corrected chi connectivity index (χ3v) is 2.64. The Kier molecular flexibility index (Phi) is 7.14. The summed E-state index contributed by atoms with van der Waals surface area (Å²) in [5.74, 6) is 2.81. The lowest BCUT2D eigenvalue weighted by Crippen LogP contribution is -2.09. The summed E-state index contributed by atoms with van der Waals surface area (Å²) in [7, 11) is 0. The van der Waals surface area contributed by atoms with E-state index >= 15 is 0 Å². The number of nitrogens with zero attached hydrogens (tertiary/aromatic N) is 2. The van der Waals surface area contributed by atoms with Crippen molar-refractivity contribution >= 4 is 11.6 Å². The second-order valence-electron chi connectivity index (χ2n) is 4.51. The molecule has 0 saturated heterocycles. The molecule has 0 radical (unpaired) electrons. The van der Waals surface area contributed by atoms with Gasteiger partial charge < -0.3 is 10.6 Å². The first kappa shape index (κ1) is 14.7. The highest BCUT2D eigenvalue weighted by Gasteiger charge is 2.03. The highest BCUT2D eigenvalue weighted by atomic mass is 15.1. The quantitative estimate of drug-likeness (QED) is 0.659. The first-order valence-corrected chi connectivity index (χ1v) is 7.15. The van der Waals surface area contributed by atoms with Crippen LogP contribution in [0.3, 0.4) is 0 Å². The Balaban J connectivity index is 2.70. The van der Waals surface area contributed by atoms with Crippen LogP contribution in [0.2, 0.25) is 0 Å². The van der Waals surface area contributed by atoms with Crippen molar-refractivity contribution in [1.29, 1.82) is 0 Å². The molecule has 0 aromatic carbocycles. The molecule has 18 heavy (non-hydrogen) atoms. The van der Waals surface area contributed by atoms with Gasteiger partial charge in [-0.25, -0.2) is 9.97 Å². The zero-order valence-corrected chi connectivity index (χ0v) is 11.9. The van der Waals surface area contributed by atoms with E-state index in [-0.39, 0.29) is 0 Å². The van der Waals surface area contributed by atoms with Crippen molar-refractivity contribution in [2.24, 2.45) is 0 Å². The van der Waals surface area contributed by atoms with Crippen molar-refractivity contribution < 1.29 is 0 Å². The maximum atomic E-state index is 4.54. The van der Waals surface area contributed by atoms with Crippen LogP contribution in [0.15, 0.2) is 6.07 Å². The van der Waals surface area contributed by atoms with Crippen LogP contribution in [0, 0.1) is 0 Å². The van der Waals surface area contributed by atoms with Gasteiger partial charge in [0.15, 0.2) is 0 Å². The van der Waals surface area contributed by atoms with Gasteiger partial charge in [0, 0.05) is 25.6 Å². The molecule has 1 aromatic heterocycles. The number of aryl methyl sites for hydroxylation is 1. The normalized spacial score (nSPS) is 10.4. The van der Waals surface area contributed by atoms with Crippen LogP contribution in [0.5, 0.6) is 0 Å². The second-order valence-corrected chi connectivity index (χ2v) is 4.51. The van der Waals surface area contributed by atoms with E-state index in [1.54, 1.807) is 0 Å². The van der Waals surface area contributed by atoms with Crippen LogP contribution in [-0.2, 0) is 6.42 Å². The zero-order valence-electron chi connectivity index (χ0n) is 11.9. The van der Waals surface area contributed by atoms with Crippen molar-refractivity contribution in [2.45, 2.75) is 52.9 Å².